The van der Waals surface area contributed by atoms with Crippen LogP contribution in [0.15, 0.2) is 30.5 Å². The van der Waals surface area contributed by atoms with E-state index in [1.807, 2.05) is 31.2 Å². The molecule has 1 aromatic heterocycles. The Morgan fingerprint density at radius 1 is 1.33 bits per heavy atom. The third-order valence-corrected chi connectivity index (χ3v) is 3.42. The Balaban J connectivity index is 2.28. The smallest absolute Gasteiger partial charge is 0.224 e. The number of nitrogens with zero attached hydrogens (tertiary/aromatic N) is 2. The van der Waals surface area contributed by atoms with Gasteiger partial charge in [0.2, 0.25) is 5.95 Å². The maximum atomic E-state index is 6.08. The van der Waals surface area contributed by atoms with Crippen LogP contribution in [-0.2, 0) is 0 Å². The second-order valence-corrected chi connectivity index (χ2v) is 5.09. The summed E-state index contributed by atoms with van der Waals surface area (Å²) in [5.74, 6) is 1.17. The highest BCUT2D eigenvalue weighted by atomic mass is 127. The van der Waals surface area contributed by atoms with Crippen molar-refractivity contribution in [2.45, 2.75) is 6.92 Å². The molecule has 0 aliphatic carbocycles. The molecule has 0 spiro atoms. The van der Waals surface area contributed by atoms with Crippen molar-refractivity contribution in [3.05, 3.63) is 39.1 Å². The lowest BCUT2D eigenvalue weighted by molar-refractivity contribution is 1.09. The number of rotatable bonds is 4. The normalized spacial score (nSPS) is 10.2. The first-order valence-electron chi connectivity index (χ1n) is 5.48. The third kappa shape index (κ3) is 3.23. The van der Waals surface area contributed by atoms with Crippen LogP contribution in [0, 0.1) is 3.57 Å². The van der Waals surface area contributed by atoms with Crippen molar-refractivity contribution in [2.24, 2.45) is 0 Å². The summed E-state index contributed by atoms with van der Waals surface area (Å²) in [6.07, 6.45) is 1.59. The van der Waals surface area contributed by atoms with E-state index in [-0.39, 0.29) is 0 Å². The predicted octanol–water partition coefficient (Wildman–Crippen LogP) is 3.91. The summed E-state index contributed by atoms with van der Waals surface area (Å²) in [7, 11) is 0. The third-order valence-electron chi connectivity index (χ3n) is 2.21. The Hall–Kier alpha value is -1.08. The fourth-order valence-electron chi connectivity index (χ4n) is 1.39. The summed E-state index contributed by atoms with van der Waals surface area (Å²) < 4.78 is 1.11. The van der Waals surface area contributed by atoms with Gasteiger partial charge in [-0.1, -0.05) is 23.7 Å². The van der Waals surface area contributed by atoms with E-state index in [0.29, 0.717) is 16.8 Å². The highest BCUT2D eigenvalue weighted by Crippen LogP contribution is 2.26. The minimum Gasteiger partial charge on any atom is -0.354 e. The van der Waals surface area contributed by atoms with E-state index in [4.69, 9.17) is 11.6 Å². The average molecular weight is 375 g/mol. The van der Waals surface area contributed by atoms with Gasteiger partial charge in [0.1, 0.15) is 5.02 Å². The second kappa shape index (κ2) is 6.19. The highest BCUT2D eigenvalue weighted by Gasteiger charge is 2.06. The molecule has 0 bridgehead atoms. The van der Waals surface area contributed by atoms with Crippen LogP contribution in [0.4, 0.5) is 17.5 Å². The molecule has 4 nitrogen and oxygen atoms in total. The van der Waals surface area contributed by atoms with Gasteiger partial charge in [-0.25, -0.2) is 4.98 Å². The van der Waals surface area contributed by atoms with Gasteiger partial charge in [-0.05, 0) is 41.6 Å². The van der Waals surface area contributed by atoms with Crippen LogP contribution in [-0.4, -0.2) is 16.5 Å². The van der Waals surface area contributed by atoms with E-state index in [1.54, 1.807) is 6.20 Å². The highest BCUT2D eigenvalue weighted by molar-refractivity contribution is 14.1. The molecule has 1 aromatic carbocycles. The summed E-state index contributed by atoms with van der Waals surface area (Å²) in [5.41, 5.74) is 0.973. The van der Waals surface area contributed by atoms with Crippen LogP contribution in [0.2, 0.25) is 5.02 Å². The van der Waals surface area contributed by atoms with Crippen molar-refractivity contribution in [1.82, 2.24) is 9.97 Å². The van der Waals surface area contributed by atoms with Gasteiger partial charge in [-0.15, -0.1) is 0 Å². The molecule has 18 heavy (non-hydrogen) atoms. The summed E-state index contributed by atoms with van der Waals surface area (Å²) in [6, 6.07) is 7.94. The summed E-state index contributed by atoms with van der Waals surface area (Å²) >= 11 is 8.34. The molecule has 6 heteroatoms. The summed E-state index contributed by atoms with van der Waals surface area (Å²) in [5, 5.41) is 6.76. The van der Waals surface area contributed by atoms with Gasteiger partial charge in [-0.3, -0.25) is 0 Å². The largest absolute Gasteiger partial charge is 0.354 e. The van der Waals surface area contributed by atoms with Gasteiger partial charge in [0.15, 0.2) is 5.82 Å². The van der Waals surface area contributed by atoms with Crippen LogP contribution in [0.25, 0.3) is 0 Å². The SMILES string of the molecule is CCNc1ncc(Cl)c(Nc2ccccc2I)n1. The maximum Gasteiger partial charge on any atom is 0.224 e. The minimum atomic E-state index is 0.497. The number of para-hydroxylation sites is 1. The molecular weight excluding hydrogens is 363 g/mol. The Bertz CT molecular complexity index is 547. The van der Waals surface area contributed by atoms with Crippen molar-refractivity contribution >= 4 is 51.6 Å². The average Bonchev–Trinajstić information content (AvgIpc) is 2.36. The van der Waals surface area contributed by atoms with Gasteiger partial charge in [0.25, 0.3) is 0 Å². The Labute approximate surface area is 124 Å². The lowest BCUT2D eigenvalue weighted by Crippen LogP contribution is -2.04. The fourth-order valence-corrected chi connectivity index (χ4v) is 2.05. The van der Waals surface area contributed by atoms with Crippen molar-refractivity contribution in [1.29, 1.82) is 0 Å². The van der Waals surface area contributed by atoms with Gasteiger partial charge < -0.3 is 10.6 Å². The standard InChI is InChI=1S/C12H12ClIN4/c1-2-15-12-16-7-8(13)11(18-12)17-10-6-4-3-5-9(10)14/h3-7H,2H2,1H3,(H2,15,16,17,18). The van der Waals surface area contributed by atoms with E-state index in [1.165, 1.54) is 0 Å². The summed E-state index contributed by atoms with van der Waals surface area (Å²) in [4.78, 5) is 8.43. The molecule has 94 valence electrons. The molecule has 2 aromatic rings. The van der Waals surface area contributed by atoms with Gasteiger partial charge >= 0.3 is 0 Å². The van der Waals surface area contributed by atoms with Gasteiger partial charge in [0.05, 0.1) is 11.9 Å². The molecule has 2 rings (SSSR count). The zero-order chi connectivity index (χ0) is 13.0. The van der Waals surface area contributed by atoms with Crippen molar-refractivity contribution < 1.29 is 0 Å². The number of anilines is 3. The number of nitrogens with one attached hydrogen (secondary N) is 2. The molecule has 0 saturated carbocycles. The molecule has 2 N–H and O–H groups in total. The number of aromatic nitrogens is 2. The van der Waals surface area contributed by atoms with Gasteiger partial charge in [0, 0.05) is 10.1 Å². The maximum absolute atomic E-state index is 6.08. The molecule has 0 radical (unpaired) electrons. The molecule has 0 saturated heterocycles. The van der Waals surface area contributed by atoms with E-state index in [0.717, 1.165) is 15.8 Å². The molecule has 1 heterocycles. The lowest BCUT2D eigenvalue weighted by atomic mass is 10.3. The first-order chi connectivity index (χ1) is 8.70. The first-order valence-corrected chi connectivity index (χ1v) is 6.94. The van der Waals surface area contributed by atoms with Gasteiger partial charge in [-0.2, -0.15) is 4.98 Å². The number of hydrogen-bond acceptors (Lipinski definition) is 4. The number of halogens is 2. The first kappa shape index (κ1) is 13.4. The molecule has 0 unspecified atom stereocenters. The second-order valence-electron chi connectivity index (χ2n) is 3.53. The van der Waals surface area contributed by atoms with Crippen LogP contribution >= 0.6 is 34.2 Å². The van der Waals surface area contributed by atoms with E-state index in [9.17, 15) is 0 Å². The molecule has 0 fully saturated rings. The molecule has 0 aliphatic rings. The lowest BCUT2D eigenvalue weighted by Gasteiger charge is -2.10. The predicted molar refractivity (Wildman–Crippen MR) is 83.6 cm³/mol. The van der Waals surface area contributed by atoms with Crippen LogP contribution in [0.5, 0.6) is 0 Å². The quantitative estimate of drug-likeness (QED) is 0.797. The zero-order valence-corrected chi connectivity index (χ0v) is 12.7. The summed E-state index contributed by atoms with van der Waals surface area (Å²) in [6.45, 7) is 2.76. The molecular formula is C12H12ClIN4. The fraction of sp³-hybridized carbons (Fsp3) is 0.167. The van der Waals surface area contributed by atoms with E-state index < -0.39 is 0 Å². The minimum absolute atomic E-state index is 0.497. The molecule has 0 amide bonds. The van der Waals surface area contributed by atoms with E-state index >= 15 is 0 Å². The van der Waals surface area contributed by atoms with Crippen molar-refractivity contribution in [3.63, 3.8) is 0 Å². The van der Waals surface area contributed by atoms with Crippen molar-refractivity contribution in [3.8, 4) is 0 Å². The van der Waals surface area contributed by atoms with Crippen molar-refractivity contribution in [2.75, 3.05) is 17.2 Å². The van der Waals surface area contributed by atoms with Crippen LogP contribution < -0.4 is 10.6 Å². The Kier molecular flexibility index (Phi) is 4.60. The Morgan fingerprint density at radius 3 is 2.83 bits per heavy atom. The number of benzene rings is 1. The Morgan fingerprint density at radius 2 is 2.11 bits per heavy atom. The monoisotopic (exact) mass is 374 g/mol. The van der Waals surface area contributed by atoms with E-state index in [2.05, 4.69) is 43.2 Å². The van der Waals surface area contributed by atoms with Crippen LogP contribution in [0.1, 0.15) is 6.92 Å². The number of hydrogen-bond donors (Lipinski definition) is 2. The zero-order valence-electron chi connectivity index (χ0n) is 9.74. The molecule has 0 atom stereocenters. The molecule has 0 aliphatic heterocycles. The van der Waals surface area contributed by atoms with Crippen LogP contribution in [0.3, 0.4) is 0 Å². The topological polar surface area (TPSA) is 49.8 Å².